The Balaban J connectivity index is 2.06. The average molecular weight is 298 g/mol. The highest BCUT2D eigenvalue weighted by atomic mass is 19.1. The van der Waals surface area contributed by atoms with Crippen LogP contribution >= 0.6 is 0 Å². The Hall–Kier alpha value is -1.36. The van der Waals surface area contributed by atoms with Crippen molar-refractivity contribution in [3.05, 3.63) is 23.8 Å². The number of hydrogen-bond acceptors (Lipinski definition) is 3. The van der Waals surface area contributed by atoms with Crippen LogP contribution in [0.15, 0.2) is 12.1 Å². The lowest BCUT2D eigenvalue weighted by Gasteiger charge is -2.29. The quantitative estimate of drug-likeness (QED) is 0.918. The molecular weight excluding hydrogens is 274 g/mol. The van der Waals surface area contributed by atoms with E-state index in [1.807, 2.05) is 4.90 Å². The monoisotopic (exact) mass is 298 g/mol. The minimum absolute atomic E-state index is 0.0312. The molecule has 1 heterocycles. The van der Waals surface area contributed by atoms with E-state index in [-0.39, 0.29) is 11.1 Å². The van der Waals surface area contributed by atoms with Crippen molar-refractivity contribution in [2.24, 2.45) is 5.41 Å². The number of anilines is 2. The van der Waals surface area contributed by atoms with E-state index in [2.05, 4.69) is 26.1 Å². The van der Waals surface area contributed by atoms with Gasteiger partial charge in [-0.15, -0.1) is 0 Å². The molecule has 118 valence electrons. The summed E-state index contributed by atoms with van der Waals surface area (Å²) in [5.74, 6) is -1.07. The van der Waals surface area contributed by atoms with Gasteiger partial charge in [-0.05, 0) is 24.0 Å². The van der Waals surface area contributed by atoms with Gasteiger partial charge in [0.05, 0.1) is 13.2 Å². The largest absolute Gasteiger partial charge is 0.380 e. The SMILES string of the molecule is CC(C)(C)CCNc1c(F)cc(N2CCOCC2)cc1F. The second-order valence-electron chi connectivity index (χ2n) is 6.62. The zero-order valence-electron chi connectivity index (χ0n) is 13.0. The third-order valence-corrected chi connectivity index (χ3v) is 3.58. The molecule has 0 aromatic heterocycles. The highest BCUT2D eigenvalue weighted by molar-refractivity contribution is 5.57. The second-order valence-corrected chi connectivity index (χ2v) is 6.62. The highest BCUT2D eigenvalue weighted by Crippen LogP contribution is 2.27. The van der Waals surface area contributed by atoms with E-state index in [9.17, 15) is 8.78 Å². The first-order chi connectivity index (χ1) is 9.87. The van der Waals surface area contributed by atoms with E-state index in [4.69, 9.17) is 4.74 Å². The summed E-state index contributed by atoms with van der Waals surface area (Å²) in [6, 6.07) is 2.79. The number of nitrogens with one attached hydrogen (secondary N) is 1. The van der Waals surface area contributed by atoms with Gasteiger partial charge >= 0.3 is 0 Å². The van der Waals surface area contributed by atoms with Crippen LogP contribution in [0.3, 0.4) is 0 Å². The zero-order valence-corrected chi connectivity index (χ0v) is 13.0. The Kier molecular flexibility index (Phi) is 5.04. The van der Waals surface area contributed by atoms with Crippen LogP contribution in [0.5, 0.6) is 0 Å². The van der Waals surface area contributed by atoms with Gasteiger partial charge in [0.2, 0.25) is 0 Å². The molecule has 1 N–H and O–H groups in total. The van der Waals surface area contributed by atoms with Crippen molar-refractivity contribution in [1.29, 1.82) is 0 Å². The van der Waals surface area contributed by atoms with Crippen molar-refractivity contribution in [3.63, 3.8) is 0 Å². The maximum Gasteiger partial charge on any atom is 0.151 e. The molecule has 0 radical (unpaired) electrons. The van der Waals surface area contributed by atoms with E-state index < -0.39 is 11.6 Å². The molecule has 1 aromatic rings. The molecule has 0 aliphatic carbocycles. The second kappa shape index (κ2) is 6.60. The molecule has 1 aliphatic rings. The number of nitrogens with zero attached hydrogens (tertiary/aromatic N) is 1. The summed E-state index contributed by atoms with van der Waals surface area (Å²) in [5.41, 5.74) is 0.680. The van der Waals surface area contributed by atoms with Crippen LogP contribution in [0.25, 0.3) is 0 Å². The number of ether oxygens (including phenoxy) is 1. The molecule has 0 atom stereocenters. The summed E-state index contributed by atoms with van der Waals surface area (Å²) in [7, 11) is 0. The van der Waals surface area contributed by atoms with Crippen LogP contribution in [-0.4, -0.2) is 32.8 Å². The summed E-state index contributed by atoms with van der Waals surface area (Å²) in [5, 5.41) is 2.87. The first-order valence-corrected chi connectivity index (χ1v) is 7.42. The molecule has 5 heteroatoms. The van der Waals surface area contributed by atoms with E-state index in [1.165, 1.54) is 12.1 Å². The first kappa shape index (κ1) is 16.0. The van der Waals surface area contributed by atoms with Crippen LogP contribution < -0.4 is 10.2 Å². The van der Waals surface area contributed by atoms with E-state index in [0.29, 0.717) is 38.5 Å². The van der Waals surface area contributed by atoms with Gasteiger partial charge in [0.25, 0.3) is 0 Å². The third kappa shape index (κ3) is 4.56. The summed E-state index contributed by atoms with van der Waals surface area (Å²) in [6.45, 7) is 9.36. The van der Waals surface area contributed by atoms with E-state index in [0.717, 1.165) is 6.42 Å². The van der Waals surface area contributed by atoms with Gasteiger partial charge in [0.15, 0.2) is 11.6 Å². The Bertz CT molecular complexity index is 457. The number of morpholine rings is 1. The average Bonchev–Trinajstić information content (AvgIpc) is 2.41. The maximum atomic E-state index is 14.1. The summed E-state index contributed by atoms with van der Waals surface area (Å²) < 4.78 is 33.5. The minimum Gasteiger partial charge on any atom is -0.380 e. The molecule has 1 aromatic carbocycles. The Labute approximate surface area is 125 Å². The highest BCUT2D eigenvalue weighted by Gasteiger charge is 2.17. The predicted molar refractivity (Wildman–Crippen MR) is 82.0 cm³/mol. The van der Waals surface area contributed by atoms with Gasteiger partial charge in [-0.1, -0.05) is 20.8 Å². The van der Waals surface area contributed by atoms with Crippen LogP contribution in [0.4, 0.5) is 20.2 Å². The van der Waals surface area contributed by atoms with Crippen molar-refractivity contribution >= 4 is 11.4 Å². The fourth-order valence-corrected chi connectivity index (χ4v) is 2.30. The molecule has 1 aliphatic heterocycles. The molecule has 0 spiro atoms. The van der Waals surface area contributed by atoms with E-state index in [1.54, 1.807) is 0 Å². The lowest BCUT2D eigenvalue weighted by molar-refractivity contribution is 0.122. The Morgan fingerprint density at radius 3 is 2.24 bits per heavy atom. The van der Waals surface area contributed by atoms with Gasteiger partial charge in [0, 0.05) is 25.3 Å². The lowest BCUT2D eigenvalue weighted by atomic mass is 9.92. The number of halogens is 2. The van der Waals surface area contributed by atoms with Crippen molar-refractivity contribution < 1.29 is 13.5 Å². The van der Waals surface area contributed by atoms with Gasteiger partial charge in [0.1, 0.15) is 5.69 Å². The van der Waals surface area contributed by atoms with Crippen molar-refractivity contribution in [3.8, 4) is 0 Å². The van der Waals surface area contributed by atoms with Crippen LogP contribution in [0.2, 0.25) is 0 Å². The fraction of sp³-hybridized carbons (Fsp3) is 0.625. The normalized spacial score (nSPS) is 16.1. The van der Waals surface area contributed by atoms with Crippen molar-refractivity contribution in [2.75, 3.05) is 43.1 Å². The molecule has 0 saturated carbocycles. The molecule has 2 rings (SSSR count). The molecular formula is C16H24F2N2O. The van der Waals surface area contributed by atoms with Crippen molar-refractivity contribution in [2.45, 2.75) is 27.2 Å². The molecule has 21 heavy (non-hydrogen) atoms. The van der Waals surface area contributed by atoms with Gasteiger partial charge < -0.3 is 15.0 Å². The van der Waals surface area contributed by atoms with E-state index >= 15 is 0 Å². The number of hydrogen-bond donors (Lipinski definition) is 1. The smallest absolute Gasteiger partial charge is 0.151 e. The molecule has 0 unspecified atom stereocenters. The predicted octanol–water partition coefficient (Wildman–Crippen LogP) is 3.65. The maximum absolute atomic E-state index is 14.1. The van der Waals surface area contributed by atoms with Gasteiger partial charge in [-0.25, -0.2) is 8.78 Å². The molecule has 0 bridgehead atoms. The zero-order chi connectivity index (χ0) is 15.5. The minimum atomic E-state index is -0.537. The number of rotatable bonds is 4. The molecule has 1 saturated heterocycles. The molecule has 0 amide bonds. The lowest BCUT2D eigenvalue weighted by Crippen LogP contribution is -2.36. The van der Waals surface area contributed by atoms with Gasteiger partial charge in [-0.3, -0.25) is 0 Å². The van der Waals surface area contributed by atoms with Crippen LogP contribution in [0, 0.1) is 17.0 Å². The summed E-state index contributed by atoms with van der Waals surface area (Å²) >= 11 is 0. The van der Waals surface area contributed by atoms with Gasteiger partial charge in [-0.2, -0.15) is 0 Å². The first-order valence-electron chi connectivity index (χ1n) is 7.42. The summed E-state index contributed by atoms with van der Waals surface area (Å²) in [4.78, 5) is 1.94. The Morgan fingerprint density at radius 1 is 1.14 bits per heavy atom. The fourth-order valence-electron chi connectivity index (χ4n) is 2.30. The number of benzene rings is 1. The van der Waals surface area contributed by atoms with Crippen molar-refractivity contribution in [1.82, 2.24) is 0 Å². The van der Waals surface area contributed by atoms with Crippen LogP contribution in [0.1, 0.15) is 27.2 Å². The standard InChI is InChI=1S/C16H24F2N2O/c1-16(2,3)4-5-19-15-13(17)10-12(11-14(15)18)20-6-8-21-9-7-20/h10-11,19H,4-9H2,1-3H3. The molecule has 3 nitrogen and oxygen atoms in total. The topological polar surface area (TPSA) is 24.5 Å². The molecule has 1 fully saturated rings. The summed E-state index contributed by atoms with van der Waals surface area (Å²) in [6.07, 6.45) is 0.844. The van der Waals surface area contributed by atoms with Crippen LogP contribution in [-0.2, 0) is 4.74 Å². The third-order valence-electron chi connectivity index (χ3n) is 3.58. The Morgan fingerprint density at radius 2 is 1.71 bits per heavy atom.